The normalized spacial score (nSPS) is 19.1. The van der Waals surface area contributed by atoms with Crippen LogP contribution in [0.1, 0.15) is 63.5 Å². The topological polar surface area (TPSA) is 12.0 Å². The molecule has 0 bridgehead atoms. The number of nitrogens with one attached hydrogen (secondary N) is 1. The third kappa shape index (κ3) is 4.92. The highest BCUT2D eigenvalue weighted by Crippen LogP contribution is 2.24. The Kier molecular flexibility index (Phi) is 6.39. The van der Waals surface area contributed by atoms with Crippen molar-refractivity contribution in [3.8, 4) is 0 Å². The molecule has 1 nitrogen and oxygen atoms in total. The van der Waals surface area contributed by atoms with Gasteiger partial charge in [-0.05, 0) is 49.4 Å². The van der Waals surface area contributed by atoms with E-state index in [2.05, 4.69) is 52.4 Å². The number of halogens is 1. The lowest BCUT2D eigenvalue weighted by molar-refractivity contribution is 0.390. The lowest BCUT2D eigenvalue weighted by Crippen LogP contribution is -2.27. The maximum absolute atomic E-state index is 3.79. The Morgan fingerprint density at radius 1 is 1.11 bits per heavy atom. The van der Waals surface area contributed by atoms with Gasteiger partial charge in [-0.3, -0.25) is 0 Å². The smallest absolute Gasteiger partial charge is 0.0317 e. The summed E-state index contributed by atoms with van der Waals surface area (Å²) in [5.74, 6) is 0.895. The Hall–Kier alpha value is -0.340. The van der Waals surface area contributed by atoms with Crippen LogP contribution in [0.4, 0.5) is 0 Å². The minimum absolute atomic E-state index is 0.511. The van der Waals surface area contributed by atoms with Crippen molar-refractivity contribution in [2.75, 3.05) is 6.54 Å². The van der Waals surface area contributed by atoms with Gasteiger partial charge in [-0.25, -0.2) is 0 Å². The van der Waals surface area contributed by atoms with E-state index in [1.165, 1.54) is 50.6 Å². The maximum Gasteiger partial charge on any atom is 0.0317 e. The highest BCUT2D eigenvalue weighted by molar-refractivity contribution is 9.10. The Morgan fingerprint density at radius 3 is 2.32 bits per heavy atom. The fraction of sp³-hybridized carbons (Fsp3) is 0.647. The molecular formula is C17H26BrN. The molecular weight excluding hydrogens is 298 g/mol. The van der Waals surface area contributed by atoms with Crippen molar-refractivity contribution < 1.29 is 0 Å². The Balaban J connectivity index is 1.86. The van der Waals surface area contributed by atoms with Crippen LogP contribution in [0.2, 0.25) is 0 Å². The molecule has 0 spiro atoms. The summed E-state index contributed by atoms with van der Waals surface area (Å²) in [6, 6.07) is 9.27. The van der Waals surface area contributed by atoms with Gasteiger partial charge in [0.2, 0.25) is 0 Å². The molecule has 1 fully saturated rings. The van der Waals surface area contributed by atoms with E-state index in [0.717, 1.165) is 16.8 Å². The van der Waals surface area contributed by atoms with Gasteiger partial charge in [0, 0.05) is 10.5 Å². The molecule has 0 amide bonds. The van der Waals surface area contributed by atoms with Crippen LogP contribution in [-0.2, 0) is 0 Å². The van der Waals surface area contributed by atoms with Gasteiger partial charge in [0.05, 0.1) is 0 Å². The molecule has 1 N–H and O–H groups in total. The van der Waals surface area contributed by atoms with E-state index in [1.54, 1.807) is 0 Å². The van der Waals surface area contributed by atoms with Crippen molar-refractivity contribution in [2.24, 2.45) is 5.92 Å². The third-order valence-electron chi connectivity index (χ3n) is 4.31. The van der Waals surface area contributed by atoms with Crippen LogP contribution in [-0.4, -0.2) is 6.54 Å². The van der Waals surface area contributed by atoms with E-state index in [1.807, 2.05) is 0 Å². The average Bonchev–Trinajstić information content (AvgIpc) is 2.70. The number of benzene rings is 1. The standard InChI is InChI=1S/C17H26BrN/c1-2-17(15-9-11-16(18)12-10-15)19-13-14-7-5-3-4-6-8-14/h9-12,14,17,19H,2-8,13H2,1H3. The first-order valence-corrected chi connectivity index (χ1v) is 8.57. The largest absolute Gasteiger partial charge is 0.310 e. The number of rotatable bonds is 5. The van der Waals surface area contributed by atoms with Gasteiger partial charge in [0.1, 0.15) is 0 Å². The molecule has 1 aromatic rings. The van der Waals surface area contributed by atoms with Crippen molar-refractivity contribution >= 4 is 15.9 Å². The van der Waals surface area contributed by atoms with Gasteiger partial charge < -0.3 is 5.32 Å². The highest BCUT2D eigenvalue weighted by atomic mass is 79.9. The Labute approximate surface area is 126 Å². The zero-order valence-electron chi connectivity index (χ0n) is 12.0. The van der Waals surface area contributed by atoms with E-state index >= 15 is 0 Å². The zero-order valence-corrected chi connectivity index (χ0v) is 13.6. The van der Waals surface area contributed by atoms with Gasteiger partial charge in [-0.15, -0.1) is 0 Å². The highest BCUT2D eigenvalue weighted by Gasteiger charge is 2.15. The average molecular weight is 324 g/mol. The van der Waals surface area contributed by atoms with Crippen molar-refractivity contribution in [1.82, 2.24) is 5.32 Å². The predicted molar refractivity (Wildman–Crippen MR) is 86.4 cm³/mol. The van der Waals surface area contributed by atoms with Crippen LogP contribution < -0.4 is 5.32 Å². The summed E-state index contributed by atoms with van der Waals surface area (Å²) >= 11 is 3.51. The van der Waals surface area contributed by atoms with Crippen molar-refractivity contribution in [3.63, 3.8) is 0 Å². The summed E-state index contributed by atoms with van der Waals surface area (Å²) in [5.41, 5.74) is 1.42. The fourth-order valence-electron chi connectivity index (χ4n) is 3.07. The first-order chi connectivity index (χ1) is 9.29. The second-order valence-electron chi connectivity index (χ2n) is 5.78. The maximum atomic E-state index is 3.79. The zero-order chi connectivity index (χ0) is 13.5. The van der Waals surface area contributed by atoms with Gasteiger partial charge in [-0.1, -0.05) is 60.7 Å². The van der Waals surface area contributed by atoms with Crippen LogP contribution in [0.5, 0.6) is 0 Å². The van der Waals surface area contributed by atoms with Crippen molar-refractivity contribution in [1.29, 1.82) is 0 Å². The van der Waals surface area contributed by atoms with Crippen molar-refractivity contribution in [3.05, 3.63) is 34.3 Å². The minimum atomic E-state index is 0.511. The molecule has 1 aromatic carbocycles. The first kappa shape index (κ1) is 15.1. The van der Waals surface area contributed by atoms with Crippen LogP contribution in [0.15, 0.2) is 28.7 Å². The van der Waals surface area contributed by atoms with Gasteiger partial charge in [0.25, 0.3) is 0 Å². The SMILES string of the molecule is CCC(NCC1CCCCCC1)c1ccc(Br)cc1. The van der Waals surface area contributed by atoms with E-state index in [9.17, 15) is 0 Å². The van der Waals surface area contributed by atoms with Crippen LogP contribution in [0, 0.1) is 5.92 Å². The lowest BCUT2D eigenvalue weighted by atomic mass is 9.98. The molecule has 0 aromatic heterocycles. The molecule has 2 rings (SSSR count). The Bertz CT molecular complexity index is 352. The molecule has 1 atom stereocenters. The van der Waals surface area contributed by atoms with Crippen LogP contribution in [0.25, 0.3) is 0 Å². The molecule has 106 valence electrons. The molecule has 0 aliphatic heterocycles. The molecule has 2 heteroatoms. The molecule has 1 aliphatic carbocycles. The summed E-state index contributed by atoms with van der Waals surface area (Å²) in [6.45, 7) is 3.46. The predicted octanol–water partition coefficient (Wildman–Crippen LogP) is 5.46. The van der Waals surface area contributed by atoms with E-state index in [-0.39, 0.29) is 0 Å². The fourth-order valence-corrected chi connectivity index (χ4v) is 3.33. The molecule has 19 heavy (non-hydrogen) atoms. The molecule has 0 saturated heterocycles. The second-order valence-corrected chi connectivity index (χ2v) is 6.69. The van der Waals surface area contributed by atoms with Gasteiger partial charge in [0.15, 0.2) is 0 Å². The van der Waals surface area contributed by atoms with Gasteiger partial charge in [-0.2, -0.15) is 0 Å². The minimum Gasteiger partial charge on any atom is -0.310 e. The molecule has 1 saturated carbocycles. The van der Waals surface area contributed by atoms with Gasteiger partial charge >= 0.3 is 0 Å². The number of hydrogen-bond donors (Lipinski definition) is 1. The van der Waals surface area contributed by atoms with Crippen LogP contribution in [0.3, 0.4) is 0 Å². The molecule has 0 radical (unpaired) electrons. The quantitative estimate of drug-likeness (QED) is 0.709. The van der Waals surface area contributed by atoms with E-state index < -0.39 is 0 Å². The number of hydrogen-bond acceptors (Lipinski definition) is 1. The summed E-state index contributed by atoms with van der Waals surface area (Å²) in [4.78, 5) is 0. The molecule has 1 unspecified atom stereocenters. The first-order valence-electron chi connectivity index (χ1n) is 7.78. The summed E-state index contributed by atoms with van der Waals surface area (Å²) in [6.07, 6.45) is 9.76. The summed E-state index contributed by atoms with van der Waals surface area (Å²) < 4.78 is 1.16. The monoisotopic (exact) mass is 323 g/mol. The van der Waals surface area contributed by atoms with Crippen LogP contribution >= 0.6 is 15.9 Å². The molecule has 1 aliphatic rings. The van der Waals surface area contributed by atoms with E-state index in [0.29, 0.717) is 6.04 Å². The molecule has 0 heterocycles. The second kappa shape index (κ2) is 8.06. The van der Waals surface area contributed by atoms with E-state index in [4.69, 9.17) is 0 Å². The summed E-state index contributed by atoms with van der Waals surface area (Å²) in [7, 11) is 0. The van der Waals surface area contributed by atoms with Crippen molar-refractivity contribution in [2.45, 2.75) is 57.9 Å². The Morgan fingerprint density at radius 2 is 1.74 bits per heavy atom. The third-order valence-corrected chi connectivity index (χ3v) is 4.84. The lowest BCUT2D eigenvalue weighted by Gasteiger charge is -2.22. The summed E-state index contributed by atoms with van der Waals surface area (Å²) in [5, 5.41) is 3.79.